The average Bonchev–Trinajstić information content (AvgIpc) is 2.85. The zero-order chi connectivity index (χ0) is 9.47. The summed E-state index contributed by atoms with van der Waals surface area (Å²) in [4.78, 5) is 2.29. The molecule has 2 aliphatic rings. The highest BCUT2D eigenvalue weighted by molar-refractivity contribution is 5.83. The Hall–Kier alpha value is -0.530. The zero-order valence-corrected chi connectivity index (χ0v) is 8.77. The second-order valence-electron chi connectivity index (χ2n) is 5.31. The minimum Gasteiger partial charge on any atom is -0.360 e. The fourth-order valence-corrected chi connectivity index (χ4v) is 1.97. The van der Waals surface area contributed by atoms with E-state index in [1.807, 2.05) is 0 Å². The first-order chi connectivity index (χ1) is 6.08. The van der Waals surface area contributed by atoms with Gasteiger partial charge in [-0.25, -0.2) is 0 Å². The van der Waals surface area contributed by atoms with Crippen molar-refractivity contribution in [2.24, 2.45) is 11.3 Å². The van der Waals surface area contributed by atoms with Crippen molar-refractivity contribution < 1.29 is 0 Å². The Morgan fingerprint density at radius 1 is 1.23 bits per heavy atom. The number of nitrogens with one attached hydrogen (secondary N) is 1. The van der Waals surface area contributed by atoms with Gasteiger partial charge < -0.3 is 4.90 Å². The molecule has 0 atom stereocenters. The quantitative estimate of drug-likeness (QED) is 0.487. The van der Waals surface area contributed by atoms with E-state index in [2.05, 4.69) is 18.7 Å². The number of piperidine rings is 1. The molecule has 0 bridgehead atoms. The second-order valence-corrected chi connectivity index (χ2v) is 5.31. The first kappa shape index (κ1) is 9.04. The third-order valence-electron chi connectivity index (χ3n) is 3.42. The molecule has 2 rings (SSSR count). The molecule has 2 heteroatoms. The van der Waals surface area contributed by atoms with Crippen LogP contribution in [0.5, 0.6) is 0 Å². The maximum Gasteiger partial charge on any atom is 0.0989 e. The number of hydrogen-bond acceptors (Lipinski definition) is 1. The summed E-state index contributed by atoms with van der Waals surface area (Å²) in [7, 11) is 0. The van der Waals surface area contributed by atoms with Gasteiger partial charge >= 0.3 is 0 Å². The first-order valence-electron chi connectivity index (χ1n) is 5.42. The number of nitrogens with zero attached hydrogens (tertiary/aromatic N) is 1. The van der Waals surface area contributed by atoms with Crippen LogP contribution >= 0.6 is 0 Å². The van der Waals surface area contributed by atoms with E-state index in [-0.39, 0.29) is 0 Å². The van der Waals surface area contributed by atoms with Gasteiger partial charge in [-0.15, -0.1) is 0 Å². The summed E-state index contributed by atoms with van der Waals surface area (Å²) in [5.41, 5.74) is 0.514. The first-order valence-corrected chi connectivity index (χ1v) is 5.42. The molecule has 1 saturated carbocycles. The zero-order valence-electron chi connectivity index (χ0n) is 8.77. The second kappa shape index (κ2) is 3.00. The van der Waals surface area contributed by atoms with Gasteiger partial charge in [0.2, 0.25) is 0 Å². The van der Waals surface area contributed by atoms with Crippen LogP contribution in [-0.2, 0) is 0 Å². The fraction of sp³-hybridized carbons (Fsp3) is 0.909. The van der Waals surface area contributed by atoms with Crippen LogP contribution in [0, 0.1) is 16.7 Å². The van der Waals surface area contributed by atoms with Crippen LogP contribution in [0.15, 0.2) is 0 Å². The molecule has 0 aromatic carbocycles. The molecule has 1 N–H and O–H groups in total. The molecule has 1 aliphatic heterocycles. The normalized spacial score (nSPS) is 27.4. The van der Waals surface area contributed by atoms with Crippen LogP contribution in [0.4, 0.5) is 0 Å². The summed E-state index contributed by atoms with van der Waals surface area (Å²) in [6.07, 6.45) is 5.03. The lowest BCUT2D eigenvalue weighted by molar-refractivity contribution is 0.185. The summed E-state index contributed by atoms with van der Waals surface area (Å²) in [5.74, 6) is 1.55. The number of amidine groups is 1. The molecule has 0 aromatic heterocycles. The van der Waals surface area contributed by atoms with Crippen LogP contribution in [0.25, 0.3) is 0 Å². The molecule has 1 aliphatic carbocycles. The van der Waals surface area contributed by atoms with Gasteiger partial charge in [0.1, 0.15) is 0 Å². The molecule has 1 saturated heterocycles. The van der Waals surface area contributed by atoms with Crippen LogP contribution in [0.3, 0.4) is 0 Å². The lowest BCUT2D eigenvalue weighted by Gasteiger charge is -2.38. The molecule has 0 amide bonds. The van der Waals surface area contributed by atoms with E-state index in [1.54, 1.807) is 0 Å². The summed E-state index contributed by atoms with van der Waals surface area (Å²) in [6, 6.07) is 0. The average molecular weight is 180 g/mol. The maximum atomic E-state index is 7.96. The highest BCUT2D eigenvalue weighted by Crippen LogP contribution is 2.35. The molecule has 13 heavy (non-hydrogen) atoms. The van der Waals surface area contributed by atoms with Crippen molar-refractivity contribution >= 4 is 5.84 Å². The summed E-state index contributed by atoms with van der Waals surface area (Å²) < 4.78 is 0. The van der Waals surface area contributed by atoms with E-state index in [1.165, 1.54) is 25.7 Å². The van der Waals surface area contributed by atoms with E-state index in [0.29, 0.717) is 11.3 Å². The van der Waals surface area contributed by atoms with Gasteiger partial charge in [-0.1, -0.05) is 13.8 Å². The number of likely N-dealkylation sites (tertiary alicyclic amines) is 1. The SMILES string of the molecule is CC1(C)CCN(C(=N)C2CC2)CC1. The largest absolute Gasteiger partial charge is 0.360 e. The van der Waals surface area contributed by atoms with Crippen LogP contribution in [0.1, 0.15) is 39.5 Å². The standard InChI is InChI=1S/C11H20N2/c1-11(2)5-7-13(8-6-11)10(12)9-3-4-9/h9,12H,3-8H2,1-2H3. The topological polar surface area (TPSA) is 27.1 Å². The summed E-state index contributed by atoms with van der Waals surface area (Å²) >= 11 is 0. The molecule has 2 fully saturated rings. The summed E-state index contributed by atoms with van der Waals surface area (Å²) in [6.45, 7) is 6.90. The Kier molecular flexibility index (Phi) is 2.09. The van der Waals surface area contributed by atoms with Gasteiger partial charge in [0.25, 0.3) is 0 Å². The predicted octanol–water partition coefficient (Wildman–Crippen LogP) is 2.50. The van der Waals surface area contributed by atoms with Crippen molar-refractivity contribution in [2.75, 3.05) is 13.1 Å². The van der Waals surface area contributed by atoms with E-state index in [9.17, 15) is 0 Å². The van der Waals surface area contributed by atoms with Crippen molar-refractivity contribution in [1.29, 1.82) is 5.41 Å². The molecule has 0 spiro atoms. The molecular weight excluding hydrogens is 160 g/mol. The van der Waals surface area contributed by atoms with Gasteiger partial charge in [0.05, 0.1) is 5.84 Å². The minimum atomic E-state index is 0.514. The highest BCUT2D eigenvalue weighted by Gasteiger charge is 2.33. The van der Waals surface area contributed by atoms with Gasteiger partial charge in [-0.3, -0.25) is 5.41 Å². The van der Waals surface area contributed by atoms with Crippen molar-refractivity contribution in [1.82, 2.24) is 4.90 Å². The molecule has 74 valence electrons. The lowest BCUT2D eigenvalue weighted by atomic mass is 9.82. The maximum absolute atomic E-state index is 7.96. The van der Waals surface area contributed by atoms with Crippen molar-refractivity contribution in [3.05, 3.63) is 0 Å². The monoisotopic (exact) mass is 180 g/mol. The number of hydrogen-bond donors (Lipinski definition) is 1. The predicted molar refractivity (Wildman–Crippen MR) is 55.0 cm³/mol. The third kappa shape index (κ3) is 2.04. The Labute approximate surface area is 80.8 Å². The molecule has 1 heterocycles. The highest BCUT2D eigenvalue weighted by atomic mass is 15.2. The molecular formula is C11H20N2. The van der Waals surface area contributed by atoms with Gasteiger partial charge in [-0.05, 0) is 31.1 Å². The Balaban J connectivity index is 1.86. The van der Waals surface area contributed by atoms with Crippen molar-refractivity contribution in [2.45, 2.75) is 39.5 Å². The van der Waals surface area contributed by atoms with Gasteiger partial charge in [-0.2, -0.15) is 0 Å². The number of rotatable bonds is 1. The van der Waals surface area contributed by atoms with E-state index >= 15 is 0 Å². The van der Waals surface area contributed by atoms with E-state index in [4.69, 9.17) is 5.41 Å². The molecule has 2 nitrogen and oxygen atoms in total. The lowest BCUT2D eigenvalue weighted by Crippen LogP contribution is -2.41. The fourth-order valence-electron chi connectivity index (χ4n) is 1.97. The molecule has 0 radical (unpaired) electrons. The van der Waals surface area contributed by atoms with Crippen molar-refractivity contribution in [3.8, 4) is 0 Å². The van der Waals surface area contributed by atoms with Gasteiger partial charge in [0.15, 0.2) is 0 Å². The smallest absolute Gasteiger partial charge is 0.0989 e. The van der Waals surface area contributed by atoms with Crippen LogP contribution in [0.2, 0.25) is 0 Å². The van der Waals surface area contributed by atoms with E-state index in [0.717, 1.165) is 18.9 Å². The Bertz CT molecular complexity index is 206. The summed E-state index contributed by atoms with van der Waals surface area (Å²) in [5, 5.41) is 7.96. The van der Waals surface area contributed by atoms with Crippen molar-refractivity contribution in [3.63, 3.8) is 0 Å². The third-order valence-corrected chi connectivity index (χ3v) is 3.42. The van der Waals surface area contributed by atoms with Crippen LogP contribution in [-0.4, -0.2) is 23.8 Å². The van der Waals surface area contributed by atoms with E-state index < -0.39 is 0 Å². The Morgan fingerprint density at radius 3 is 2.23 bits per heavy atom. The minimum absolute atomic E-state index is 0.514. The molecule has 0 aromatic rings. The molecule has 0 unspecified atom stereocenters. The van der Waals surface area contributed by atoms with Gasteiger partial charge in [0, 0.05) is 19.0 Å². The Morgan fingerprint density at radius 2 is 1.77 bits per heavy atom. The van der Waals surface area contributed by atoms with Crippen LogP contribution < -0.4 is 0 Å².